The molecule has 0 aromatic heterocycles. The van der Waals surface area contributed by atoms with Crippen molar-refractivity contribution in [3.63, 3.8) is 0 Å². The number of aryl methyl sites for hydroxylation is 1. The highest BCUT2D eigenvalue weighted by molar-refractivity contribution is 5.80. The quantitative estimate of drug-likeness (QED) is 0.836. The van der Waals surface area contributed by atoms with Gasteiger partial charge in [0, 0.05) is 26.1 Å². The van der Waals surface area contributed by atoms with Gasteiger partial charge in [0.1, 0.15) is 6.61 Å². The van der Waals surface area contributed by atoms with E-state index in [9.17, 15) is 9.59 Å². The van der Waals surface area contributed by atoms with Crippen molar-refractivity contribution in [2.45, 2.75) is 31.9 Å². The van der Waals surface area contributed by atoms with Crippen LogP contribution in [0.25, 0.3) is 0 Å². The van der Waals surface area contributed by atoms with Gasteiger partial charge in [-0.25, -0.2) is 0 Å². The molecule has 0 spiro atoms. The molecule has 0 radical (unpaired) electrons. The normalized spacial score (nSPS) is 24.5. The summed E-state index contributed by atoms with van der Waals surface area (Å²) in [4.78, 5) is 28.0. The fraction of sp³-hybridized carbons (Fsp3) is 0.529. The third-order valence-electron chi connectivity index (χ3n) is 4.54. The van der Waals surface area contributed by atoms with Gasteiger partial charge in [0.15, 0.2) is 0 Å². The molecule has 5 nitrogen and oxygen atoms in total. The number of amides is 2. The number of hydrogen-bond donors (Lipinski definition) is 0. The first-order chi connectivity index (χ1) is 10.7. The van der Waals surface area contributed by atoms with E-state index in [4.69, 9.17) is 4.74 Å². The second kappa shape index (κ2) is 6.48. The van der Waals surface area contributed by atoms with Crippen LogP contribution in [-0.4, -0.2) is 60.0 Å². The van der Waals surface area contributed by atoms with Crippen LogP contribution in [-0.2, 0) is 20.7 Å². The number of carbonyl (C=O) groups excluding carboxylic acids is 2. The molecule has 3 rings (SSSR count). The summed E-state index contributed by atoms with van der Waals surface area (Å²) in [5.41, 5.74) is 1.18. The second-order valence-electron chi connectivity index (χ2n) is 5.88. The summed E-state index contributed by atoms with van der Waals surface area (Å²) in [6.07, 6.45) is 1.23. The summed E-state index contributed by atoms with van der Waals surface area (Å²) in [5, 5.41) is 0. The Labute approximate surface area is 130 Å². The predicted octanol–water partition coefficient (Wildman–Crippen LogP) is 1.08. The average molecular weight is 302 g/mol. The minimum absolute atomic E-state index is 0.0203. The number of hydrogen-bond acceptors (Lipinski definition) is 3. The number of carbonyl (C=O) groups is 2. The lowest BCUT2D eigenvalue weighted by Crippen LogP contribution is -2.53. The summed E-state index contributed by atoms with van der Waals surface area (Å²) < 4.78 is 5.60. The largest absolute Gasteiger partial charge is 0.364 e. The molecule has 0 N–H and O–H groups in total. The van der Waals surface area contributed by atoms with Gasteiger partial charge in [-0.3, -0.25) is 9.59 Å². The van der Waals surface area contributed by atoms with Crippen molar-refractivity contribution < 1.29 is 14.3 Å². The molecule has 2 aliphatic heterocycles. The molecular formula is C17H22N2O3. The zero-order valence-electron chi connectivity index (χ0n) is 12.9. The molecule has 2 aliphatic rings. The Hall–Kier alpha value is -1.88. The molecule has 1 aromatic rings. The van der Waals surface area contributed by atoms with E-state index in [-0.39, 0.29) is 30.6 Å². The maximum atomic E-state index is 12.4. The number of likely N-dealkylation sites (tertiary alicyclic amines) is 1. The lowest BCUT2D eigenvalue weighted by Gasteiger charge is -2.35. The van der Waals surface area contributed by atoms with Crippen molar-refractivity contribution in [1.82, 2.24) is 9.80 Å². The third kappa shape index (κ3) is 2.99. The summed E-state index contributed by atoms with van der Waals surface area (Å²) in [7, 11) is 0. The first-order valence-electron chi connectivity index (χ1n) is 7.92. The van der Waals surface area contributed by atoms with Crippen molar-refractivity contribution in [3.05, 3.63) is 35.9 Å². The molecule has 1 aromatic carbocycles. The number of fused-ring (bicyclic) bond motifs is 1. The Morgan fingerprint density at radius 3 is 2.77 bits per heavy atom. The number of nitrogens with zero attached hydrogens (tertiary/aromatic N) is 2. The van der Waals surface area contributed by atoms with E-state index < -0.39 is 0 Å². The van der Waals surface area contributed by atoms with Gasteiger partial charge in [-0.05, 0) is 18.9 Å². The van der Waals surface area contributed by atoms with Crippen molar-refractivity contribution in [2.24, 2.45) is 0 Å². The number of ether oxygens (including phenoxy) is 1. The molecule has 0 unspecified atom stereocenters. The monoisotopic (exact) mass is 302 g/mol. The fourth-order valence-electron chi connectivity index (χ4n) is 3.33. The molecule has 22 heavy (non-hydrogen) atoms. The van der Waals surface area contributed by atoms with Crippen LogP contribution in [0.15, 0.2) is 30.3 Å². The van der Waals surface area contributed by atoms with Crippen LogP contribution in [0.3, 0.4) is 0 Å². The van der Waals surface area contributed by atoms with Gasteiger partial charge in [0.2, 0.25) is 11.8 Å². The van der Waals surface area contributed by atoms with Crippen LogP contribution < -0.4 is 0 Å². The highest BCUT2D eigenvalue weighted by Crippen LogP contribution is 2.24. The van der Waals surface area contributed by atoms with Gasteiger partial charge in [-0.1, -0.05) is 30.3 Å². The van der Waals surface area contributed by atoms with Crippen LogP contribution in [0, 0.1) is 0 Å². The van der Waals surface area contributed by atoms with E-state index in [1.807, 2.05) is 47.1 Å². The number of benzene rings is 1. The lowest BCUT2D eigenvalue weighted by molar-refractivity contribution is -0.152. The van der Waals surface area contributed by atoms with Crippen molar-refractivity contribution >= 4 is 11.8 Å². The smallest absolute Gasteiger partial charge is 0.248 e. The Morgan fingerprint density at radius 1 is 1.27 bits per heavy atom. The Morgan fingerprint density at radius 2 is 2.05 bits per heavy atom. The second-order valence-corrected chi connectivity index (χ2v) is 5.88. The lowest BCUT2D eigenvalue weighted by atomic mass is 10.1. The van der Waals surface area contributed by atoms with Crippen LogP contribution in [0.5, 0.6) is 0 Å². The van der Waals surface area contributed by atoms with Gasteiger partial charge in [-0.2, -0.15) is 0 Å². The minimum Gasteiger partial charge on any atom is -0.364 e. The SMILES string of the molecule is CCN1C(=O)CO[C@@H]2CN(C(=O)CCc3ccccc3)C[C@@H]21. The Kier molecular flexibility index (Phi) is 4.43. The fourth-order valence-corrected chi connectivity index (χ4v) is 3.33. The first-order valence-corrected chi connectivity index (χ1v) is 7.92. The minimum atomic E-state index is -0.0293. The van der Waals surface area contributed by atoms with Crippen LogP contribution in [0.4, 0.5) is 0 Å². The van der Waals surface area contributed by atoms with Crippen LogP contribution >= 0.6 is 0 Å². The molecular weight excluding hydrogens is 280 g/mol. The van der Waals surface area contributed by atoms with E-state index in [0.29, 0.717) is 26.1 Å². The maximum Gasteiger partial charge on any atom is 0.248 e. The Balaban J connectivity index is 1.57. The molecule has 2 saturated heterocycles. The average Bonchev–Trinajstić information content (AvgIpc) is 2.98. The summed E-state index contributed by atoms with van der Waals surface area (Å²) >= 11 is 0. The zero-order chi connectivity index (χ0) is 15.5. The molecule has 0 aliphatic carbocycles. The van der Waals surface area contributed by atoms with Crippen LogP contribution in [0.2, 0.25) is 0 Å². The van der Waals surface area contributed by atoms with E-state index in [1.54, 1.807) is 0 Å². The van der Waals surface area contributed by atoms with Crippen molar-refractivity contribution in [3.8, 4) is 0 Å². The third-order valence-corrected chi connectivity index (χ3v) is 4.54. The molecule has 2 amide bonds. The number of likely N-dealkylation sites (N-methyl/N-ethyl adjacent to an activating group) is 1. The van der Waals surface area contributed by atoms with Gasteiger partial charge in [0.05, 0.1) is 12.1 Å². The number of rotatable bonds is 4. The van der Waals surface area contributed by atoms with Crippen LogP contribution in [0.1, 0.15) is 18.9 Å². The van der Waals surface area contributed by atoms with E-state index in [2.05, 4.69) is 0 Å². The van der Waals surface area contributed by atoms with Gasteiger partial charge in [0.25, 0.3) is 0 Å². The highest BCUT2D eigenvalue weighted by atomic mass is 16.5. The molecule has 0 saturated carbocycles. The summed E-state index contributed by atoms with van der Waals surface area (Å²) in [6.45, 7) is 3.98. The first kappa shape index (κ1) is 15.0. The number of morpholine rings is 1. The van der Waals surface area contributed by atoms with Gasteiger partial charge >= 0.3 is 0 Å². The molecule has 2 atom stereocenters. The zero-order valence-corrected chi connectivity index (χ0v) is 12.9. The summed E-state index contributed by atoms with van der Waals surface area (Å²) in [5.74, 6) is 0.174. The van der Waals surface area contributed by atoms with E-state index >= 15 is 0 Å². The maximum absolute atomic E-state index is 12.4. The van der Waals surface area contributed by atoms with Crippen molar-refractivity contribution in [1.29, 1.82) is 0 Å². The molecule has 0 bridgehead atoms. The van der Waals surface area contributed by atoms with E-state index in [0.717, 1.165) is 6.42 Å². The van der Waals surface area contributed by atoms with Gasteiger partial charge in [-0.15, -0.1) is 0 Å². The molecule has 2 heterocycles. The highest BCUT2D eigenvalue weighted by Gasteiger charge is 2.43. The van der Waals surface area contributed by atoms with Crippen molar-refractivity contribution in [2.75, 3.05) is 26.2 Å². The van der Waals surface area contributed by atoms with E-state index in [1.165, 1.54) is 5.56 Å². The summed E-state index contributed by atoms with van der Waals surface area (Å²) in [6, 6.07) is 10.1. The standard InChI is InChI=1S/C17H22N2O3/c1-2-19-14-10-18(11-15(14)22-12-17(19)21)16(20)9-8-13-6-4-3-5-7-13/h3-7,14-15H,2,8-12H2,1H3/t14-,15+/m0/s1. The molecule has 2 fully saturated rings. The molecule has 118 valence electrons. The molecule has 5 heteroatoms. The topological polar surface area (TPSA) is 49.9 Å². The van der Waals surface area contributed by atoms with Gasteiger partial charge < -0.3 is 14.5 Å². The Bertz CT molecular complexity index is 546. The predicted molar refractivity (Wildman–Crippen MR) is 82.3 cm³/mol.